The van der Waals surface area contributed by atoms with Crippen LogP contribution in [0.1, 0.15) is 35.6 Å². The van der Waals surface area contributed by atoms with E-state index in [0.29, 0.717) is 35.5 Å². The van der Waals surface area contributed by atoms with Crippen molar-refractivity contribution in [2.24, 2.45) is 0 Å². The quantitative estimate of drug-likeness (QED) is 0.221. The molecule has 10 heteroatoms. The number of fused-ring (bicyclic) bond motifs is 1. The van der Waals surface area contributed by atoms with Crippen LogP contribution in [0.5, 0.6) is 0 Å². The van der Waals surface area contributed by atoms with Crippen LogP contribution >= 0.6 is 0 Å². The van der Waals surface area contributed by atoms with E-state index in [1.165, 1.54) is 6.07 Å². The number of amides is 1. The van der Waals surface area contributed by atoms with E-state index in [9.17, 15) is 14.0 Å². The summed E-state index contributed by atoms with van der Waals surface area (Å²) in [5.41, 5.74) is 10.4. The van der Waals surface area contributed by atoms with Crippen molar-refractivity contribution in [1.82, 2.24) is 19.7 Å². The molecule has 5 aromatic rings. The lowest BCUT2D eigenvalue weighted by Crippen LogP contribution is -2.18. The number of carbonyl (C=O) groups is 2. The Bertz CT molecular complexity index is 1730. The average molecular weight is 553 g/mol. The Hall–Kier alpha value is -5.12. The molecule has 208 valence electrons. The molecule has 41 heavy (non-hydrogen) atoms. The minimum Gasteiger partial charge on any atom is -0.481 e. The summed E-state index contributed by atoms with van der Waals surface area (Å²) in [6, 6.07) is 21.4. The number of aliphatic carboxylic acids is 1. The van der Waals surface area contributed by atoms with Crippen molar-refractivity contribution in [2.45, 2.75) is 39.2 Å². The predicted octanol–water partition coefficient (Wildman–Crippen LogP) is 5.02. The van der Waals surface area contributed by atoms with E-state index in [-0.39, 0.29) is 42.8 Å². The smallest absolute Gasteiger partial charge is 0.303 e. The molecular weight excluding hydrogens is 523 g/mol. The van der Waals surface area contributed by atoms with Crippen molar-refractivity contribution in [3.8, 4) is 11.5 Å². The van der Waals surface area contributed by atoms with E-state index in [1.807, 2.05) is 55.5 Å². The van der Waals surface area contributed by atoms with Gasteiger partial charge in [-0.25, -0.2) is 14.4 Å². The number of anilines is 2. The number of hydrogen-bond acceptors (Lipinski definition) is 6. The van der Waals surface area contributed by atoms with Crippen molar-refractivity contribution in [2.75, 3.05) is 11.1 Å². The minimum absolute atomic E-state index is 0.0494. The normalized spacial score (nSPS) is 11.1. The highest BCUT2D eigenvalue weighted by molar-refractivity contribution is 5.94. The van der Waals surface area contributed by atoms with E-state index in [2.05, 4.69) is 15.3 Å². The number of halogens is 1. The van der Waals surface area contributed by atoms with Crippen LogP contribution in [0.2, 0.25) is 0 Å². The molecule has 5 rings (SSSR count). The lowest BCUT2D eigenvalue weighted by Gasteiger charge is -2.12. The number of carboxylic acids is 1. The number of nitrogens with zero attached hydrogens (tertiary/aromatic N) is 4. The topological polar surface area (TPSA) is 136 Å². The zero-order chi connectivity index (χ0) is 28.9. The number of aryl methyl sites for hydroxylation is 1. The summed E-state index contributed by atoms with van der Waals surface area (Å²) >= 11 is 0. The van der Waals surface area contributed by atoms with Crippen molar-refractivity contribution in [1.29, 1.82) is 0 Å². The molecule has 0 saturated heterocycles. The van der Waals surface area contributed by atoms with Gasteiger partial charge in [0.2, 0.25) is 5.91 Å². The predicted molar refractivity (Wildman–Crippen MR) is 155 cm³/mol. The van der Waals surface area contributed by atoms with Gasteiger partial charge in [-0.3, -0.25) is 14.3 Å². The second kappa shape index (κ2) is 12.0. The molecule has 0 saturated carbocycles. The number of para-hydroxylation sites is 1. The molecule has 3 aromatic carbocycles. The van der Waals surface area contributed by atoms with Crippen LogP contribution in [0.4, 0.5) is 16.0 Å². The number of rotatable bonds is 10. The second-order valence-electron chi connectivity index (χ2n) is 9.66. The number of carboxylic acid groups (broad SMARTS) is 1. The summed E-state index contributed by atoms with van der Waals surface area (Å²) in [5, 5.41) is 17.3. The zero-order valence-electron chi connectivity index (χ0n) is 22.5. The summed E-state index contributed by atoms with van der Waals surface area (Å²) in [5.74, 6) is -0.651. The molecule has 0 aliphatic heterocycles. The van der Waals surface area contributed by atoms with Crippen LogP contribution in [-0.2, 0) is 35.4 Å². The van der Waals surface area contributed by atoms with Crippen molar-refractivity contribution < 1.29 is 19.1 Å². The average Bonchev–Trinajstić information content (AvgIpc) is 3.32. The third kappa shape index (κ3) is 6.22. The molecular formula is C31H29FN6O3. The molecule has 4 N–H and O–H groups in total. The van der Waals surface area contributed by atoms with Crippen LogP contribution < -0.4 is 11.1 Å². The highest BCUT2D eigenvalue weighted by Gasteiger charge is 2.20. The molecule has 2 aromatic heterocycles. The Kier molecular flexibility index (Phi) is 8.00. The van der Waals surface area contributed by atoms with Gasteiger partial charge in [-0.1, -0.05) is 67.6 Å². The van der Waals surface area contributed by atoms with E-state index in [1.54, 1.807) is 22.9 Å². The first-order valence-corrected chi connectivity index (χ1v) is 13.3. The maximum atomic E-state index is 14.4. The number of nitrogen functional groups attached to an aromatic ring is 1. The van der Waals surface area contributed by atoms with Gasteiger partial charge in [0.1, 0.15) is 23.1 Å². The molecule has 0 aliphatic rings. The largest absolute Gasteiger partial charge is 0.481 e. The first kappa shape index (κ1) is 27.4. The van der Waals surface area contributed by atoms with Crippen LogP contribution in [-0.4, -0.2) is 36.7 Å². The molecule has 9 nitrogen and oxygen atoms in total. The molecule has 0 radical (unpaired) electrons. The fourth-order valence-electron chi connectivity index (χ4n) is 4.70. The van der Waals surface area contributed by atoms with Gasteiger partial charge in [0, 0.05) is 22.9 Å². The van der Waals surface area contributed by atoms with Crippen LogP contribution in [0.15, 0.2) is 72.8 Å². The Labute approximate surface area is 235 Å². The Morgan fingerprint density at radius 1 is 0.976 bits per heavy atom. The van der Waals surface area contributed by atoms with Crippen molar-refractivity contribution in [3.05, 3.63) is 101 Å². The lowest BCUT2D eigenvalue weighted by molar-refractivity contribution is -0.137. The Balaban J connectivity index is 1.43. The van der Waals surface area contributed by atoms with Gasteiger partial charge in [-0.05, 0) is 36.1 Å². The van der Waals surface area contributed by atoms with Gasteiger partial charge in [0.05, 0.1) is 18.5 Å². The Morgan fingerprint density at radius 2 is 1.68 bits per heavy atom. The molecule has 0 fully saturated rings. The van der Waals surface area contributed by atoms with Gasteiger partial charge in [0.15, 0.2) is 5.82 Å². The SMILES string of the molecule is CCc1c(N)nc(-c2nn(Cc3ccccc3F)c3ccccc23)nc1NC(=O)Cc1ccc(CCC(=O)O)cc1. The summed E-state index contributed by atoms with van der Waals surface area (Å²) in [6.45, 7) is 2.12. The van der Waals surface area contributed by atoms with E-state index in [0.717, 1.165) is 22.0 Å². The van der Waals surface area contributed by atoms with Crippen LogP contribution in [0.25, 0.3) is 22.4 Å². The standard InChI is InChI=1S/C31H29FN6O3/c1-2-22-29(33)35-31(36-30(22)34-26(39)17-20-13-11-19(12-14-20)15-16-27(40)41)28-23-8-4-6-10-25(23)38(37-28)18-21-7-3-5-9-24(21)32/h3-14H,2,15-18H2,1H3,(H,40,41)(H3,33,34,35,36,39). The number of carbonyl (C=O) groups excluding carboxylic acids is 1. The molecule has 2 heterocycles. The number of aromatic nitrogens is 4. The highest BCUT2D eigenvalue weighted by atomic mass is 19.1. The summed E-state index contributed by atoms with van der Waals surface area (Å²) in [4.78, 5) is 33.0. The maximum Gasteiger partial charge on any atom is 0.303 e. The number of nitrogens with one attached hydrogen (secondary N) is 1. The second-order valence-corrected chi connectivity index (χ2v) is 9.66. The van der Waals surface area contributed by atoms with E-state index in [4.69, 9.17) is 15.9 Å². The molecule has 1 amide bonds. The van der Waals surface area contributed by atoms with E-state index >= 15 is 0 Å². The van der Waals surface area contributed by atoms with Crippen molar-refractivity contribution in [3.63, 3.8) is 0 Å². The zero-order valence-corrected chi connectivity index (χ0v) is 22.5. The molecule has 0 aliphatic carbocycles. The lowest BCUT2D eigenvalue weighted by atomic mass is 10.1. The third-order valence-electron chi connectivity index (χ3n) is 6.81. The molecule has 0 unspecified atom stereocenters. The number of hydrogen-bond donors (Lipinski definition) is 3. The summed E-state index contributed by atoms with van der Waals surface area (Å²) < 4.78 is 16.1. The minimum atomic E-state index is -0.853. The first-order chi connectivity index (χ1) is 19.8. The van der Waals surface area contributed by atoms with Gasteiger partial charge in [-0.15, -0.1) is 0 Å². The Morgan fingerprint density at radius 3 is 2.41 bits per heavy atom. The van der Waals surface area contributed by atoms with Gasteiger partial charge in [-0.2, -0.15) is 5.10 Å². The van der Waals surface area contributed by atoms with Crippen molar-refractivity contribution >= 4 is 34.4 Å². The fourth-order valence-corrected chi connectivity index (χ4v) is 4.70. The van der Waals surface area contributed by atoms with Crippen LogP contribution in [0, 0.1) is 5.82 Å². The maximum absolute atomic E-state index is 14.4. The monoisotopic (exact) mass is 552 g/mol. The summed E-state index contributed by atoms with van der Waals surface area (Å²) in [7, 11) is 0. The highest BCUT2D eigenvalue weighted by Crippen LogP contribution is 2.30. The van der Waals surface area contributed by atoms with E-state index < -0.39 is 5.97 Å². The summed E-state index contributed by atoms with van der Waals surface area (Å²) in [6.07, 6.45) is 1.08. The van der Waals surface area contributed by atoms with Crippen LogP contribution in [0.3, 0.4) is 0 Å². The number of benzene rings is 3. The first-order valence-electron chi connectivity index (χ1n) is 13.3. The molecule has 0 spiro atoms. The molecule has 0 bridgehead atoms. The number of nitrogens with two attached hydrogens (primary N) is 1. The fraction of sp³-hybridized carbons (Fsp3) is 0.194. The molecule has 0 atom stereocenters. The third-order valence-corrected chi connectivity index (χ3v) is 6.81. The van der Waals surface area contributed by atoms with Gasteiger partial charge < -0.3 is 16.2 Å². The van der Waals surface area contributed by atoms with Gasteiger partial charge >= 0.3 is 5.97 Å². The van der Waals surface area contributed by atoms with Gasteiger partial charge in [0.25, 0.3) is 0 Å².